The fourth-order valence-corrected chi connectivity index (χ4v) is 0.622. The van der Waals surface area contributed by atoms with Gasteiger partial charge in [-0.25, -0.2) is 0 Å². The average molecular weight is 136 g/mol. The first-order chi connectivity index (χ1) is 2.41. The summed E-state index contributed by atoms with van der Waals surface area (Å²) in [5, 5.41) is 2.50. The second-order valence-electron chi connectivity index (χ2n) is 0.577. The fourth-order valence-electron chi connectivity index (χ4n) is 0.151. The number of rotatable bonds is 2. The fraction of sp³-hybridized carbons (Fsp3) is 1.00. The van der Waals surface area contributed by atoms with Crippen molar-refractivity contribution in [2.75, 3.05) is 0 Å². The van der Waals surface area contributed by atoms with E-state index in [1.54, 1.807) is 0 Å². The standard InChI is InChI=1S/2C2H5.Cu.2Li/c2*1-2;;;/h2*1H2,2H3;;;/q;;-2;2*+1. The zero-order valence-electron chi connectivity index (χ0n) is 5.72. The van der Waals surface area contributed by atoms with Crippen molar-refractivity contribution in [3.8, 4) is 0 Å². The molecule has 0 aliphatic heterocycles. The van der Waals surface area contributed by atoms with Gasteiger partial charge in [-0.2, -0.15) is 0 Å². The summed E-state index contributed by atoms with van der Waals surface area (Å²) in [6.45, 7) is 4.34. The van der Waals surface area contributed by atoms with Crippen molar-refractivity contribution in [1.29, 1.82) is 0 Å². The monoisotopic (exact) mass is 135 g/mol. The van der Waals surface area contributed by atoms with Gasteiger partial charge >= 0.3 is 77.2 Å². The molecule has 0 fully saturated rings. The van der Waals surface area contributed by atoms with E-state index >= 15 is 0 Å². The van der Waals surface area contributed by atoms with E-state index < -0.39 is 0 Å². The van der Waals surface area contributed by atoms with Crippen molar-refractivity contribution in [2.45, 2.75) is 24.5 Å². The molecule has 0 unspecified atom stereocenters. The van der Waals surface area contributed by atoms with Crippen molar-refractivity contribution in [3.63, 3.8) is 0 Å². The van der Waals surface area contributed by atoms with Gasteiger partial charge in [-0.1, -0.05) is 0 Å². The van der Waals surface area contributed by atoms with Crippen LogP contribution in [0.15, 0.2) is 0 Å². The van der Waals surface area contributed by atoms with Gasteiger partial charge in [-0.15, -0.1) is 0 Å². The van der Waals surface area contributed by atoms with Crippen molar-refractivity contribution in [2.24, 2.45) is 0 Å². The molecule has 0 aromatic carbocycles. The maximum Gasteiger partial charge on any atom is 1.00 e. The Hall–Kier alpha value is 1.71. The Morgan fingerprint density at radius 2 is 1.29 bits per heavy atom. The summed E-state index contributed by atoms with van der Waals surface area (Å²) in [6.07, 6.45) is 0. The minimum absolute atomic E-state index is 0. The molecule has 0 spiro atoms. The largest absolute Gasteiger partial charge is 1.00 e. The van der Waals surface area contributed by atoms with Crippen molar-refractivity contribution < 1.29 is 52.7 Å². The molecule has 3 heteroatoms. The molecule has 0 N–H and O–H groups in total. The second kappa shape index (κ2) is 15.6. The molecule has 0 heterocycles. The second-order valence-corrected chi connectivity index (χ2v) is 2.38. The zero-order valence-corrected chi connectivity index (χ0v) is 6.66. The van der Waals surface area contributed by atoms with Crippen LogP contribution in [0.2, 0.25) is 10.6 Å². The quantitative estimate of drug-likeness (QED) is 0.338. The summed E-state index contributed by atoms with van der Waals surface area (Å²) in [5.74, 6) is 0. The summed E-state index contributed by atoms with van der Waals surface area (Å²) in [5.41, 5.74) is 0. The van der Waals surface area contributed by atoms with Crippen LogP contribution in [0.3, 0.4) is 0 Å². The maximum atomic E-state index is 2.17. The third-order valence-electron chi connectivity index (χ3n) is 0.302. The molecular weight excluding hydrogens is 125 g/mol. The molecule has 0 rings (SSSR count). The smallest absolute Gasteiger partial charge is 1.00 e. The van der Waals surface area contributed by atoms with Crippen LogP contribution in [0.5, 0.6) is 0 Å². The Kier molecular flexibility index (Phi) is 35.5. The Labute approximate surface area is 76.7 Å². The summed E-state index contributed by atoms with van der Waals surface area (Å²) in [6, 6.07) is 0. The van der Waals surface area contributed by atoms with Gasteiger partial charge in [0.25, 0.3) is 0 Å². The van der Waals surface area contributed by atoms with E-state index in [9.17, 15) is 0 Å². The average Bonchev–Trinajstić information content (AvgIpc) is 1.41. The Bertz CT molecular complexity index is 17.2. The van der Waals surface area contributed by atoms with E-state index in [1.807, 2.05) is 15.0 Å². The molecule has 0 aliphatic carbocycles. The van der Waals surface area contributed by atoms with Crippen LogP contribution in [0.4, 0.5) is 0 Å². The first kappa shape index (κ1) is 15.9. The van der Waals surface area contributed by atoms with Crippen LogP contribution in [0, 0.1) is 0 Å². The molecule has 0 amide bonds. The Morgan fingerprint density at radius 3 is 1.29 bits per heavy atom. The van der Waals surface area contributed by atoms with Crippen LogP contribution in [-0.2, 0) is 15.0 Å². The van der Waals surface area contributed by atoms with Gasteiger partial charge in [-0.3, -0.25) is 0 Å². The predicted octanol–water partition coefficient (Wildman–Crippen LogP) is -4.05. The number of hydrogen-bond donors (Lipinski definition) is 0. The van der Waals surface area contributed by atoms with Crippen molar-refractivity contribution >= 4 is 0 Å². The van der Waals surface area contributed by atoms with E-state index in [0.29, 0.717) is 0 Å². The van der Waals surface area contributed by atoms with E-state index in [2.05, 4.69) is 13.8 Å². The van der Waals surface area contributed by atoms with Gasteiger partial charge in [0.15, 0.2) is 0 Å². The van der Waals surface area contributed by atoms with Crippen molar-refractivity contribution in [1.82, 2.24) is 0 Å². The van der Waals surface area contributed by atoms with Crippen LogP contribution >= 0.6 is 0 Å². The predicted molar refractivity (Wildman–Crippen MR) is 21.0 cm³/mol. The number of hydrogen-bond acceptors (Lipinski definition) is 0. The molecule has 0 saturated heterocycles. The molecule has 7 heavy (non-hydrogen) atoms. The third kappa shape index (κ3) is 18.3. The molecule has 0 radical (unpaired) electrons. The van der Waals surface area contributed by atoms with Gasteiger partial charge in [0.2, 0.25) is 0 Å². The van der Waals surface area contributed by atoms with Crippen LogP contribution in [0.25, 0.3) is 0 Å². The summed E-state index contributed by atoms with van der Waals surface area (Å²) < 4.78 is 0. The van der Waals surface area contributed by atoms with E-state index in [1.165, 1.54) is 10.6 Å². The first-order valence-corrected chi connectivity index (χ1v) is 3.17. The van der Waals surface area contributed by atoms with Gasteiger partial charge in [-0.05, 0) is 0 Å². The molecule has 0 aromatic heterocycles. The van der Waals surface area contributed by atoms with Crippen LogP contribution < -0.4 is 37.7 Å². The molecule has 0 bridgehead atoms. The van der Waals surface area contributed by atoms with E-state index in [4.69, 9.17) is 0 Å². The SMILES string of the molecule is C[CH2][Cu-2][CH2]C.[Li+].[Li+]. The van der Waals surface area contributed by atoms with Crippen LogP contribution in [-0.4, -0.2) is 0 Å². The van der Waals surface area contributed by atoms with E-state index in [-0.39, 0.29) is 37.7 Å². The molecule has 0 saturated carbocycles. The Morgan fingerprint density at radius 1 is 1.00 bits per heavy atom. The summed E-state index contributed by atoms with van der Waals surface area (Å²) >= 11 is 2.03. The molecule has 0 aromatic rings. The molecule has 0 atom stereocenters. The normalized spacial score (nSPS) is 6.57. The van der Waals surface area contributed by atoms with Gasteiger partial charge in [0, 0.05) is 0 Å². The summed E-state index contributed by atoms with van der Waals surface area (Å²) in [7, 11) is 0. The van der Waals surface area contributed by atoms with Gasteiger partial charge in [0.05, 0.1) is 0 Å². The first-order valence-electron chi connectivity index (χ1n) is 1.84. The minimum Gasteiger partial charge on any atom is 1.00 e. The molecule has 0 nitrogen and oxygen atoms in total. The van der Waals surface area contributed by atoms with Gasteiger partial charge in [0.1, 0.15) is 0 Å². The Balaban J connectivity index is -0.0000000800. The van der Waals surface area contributed by atoms with Crippen molar-refractivity contribution in [3.05, 3.63) is 0 Å². The van der Waals surface area contributed by atoms with E-state index in [0.717, 1.165) is 0 Å². The topological polar surface area (TPSA) is 0 Å². The van der Waals surface area contributed by atoms with Gasteiger partial charge < -0.3 is 0 Å². The summed E-state index contributed by atoms with van der Waals surface area (Å²) in [4.78, 5) is 0. The third-order valence-corrected chi connectivity index (χ3v) is 1.24. The maximum absolute atomic E-state index is 2.17. The molecule has 0 aliphatic rings. The molecular formula is C4H10CuLi2. The van der Waals surface area contributed by atoms with Crippen LogP contribution in [0.1, 0.15) is 13.8 Å². The minimum atomic E-state index is 0. The molecule has 39 valence electrons. The zero-order chi connectivity index (χ0) is 4.12.